The van der Waals surface area contributed by atoms with Crippen molar-refractivity contribution in [1.29, 1.82) is 0 Å². The molecular weight excluding hydrogens is 188 g/mol. The van der Waals surface area contributed by atoms with Crippen LogP contribution < -0.4 is 5.32 Å². The van der Waals surface area contributed by atoms with E-state index < -0.39 is 11.6 Å². The molecule has 1 aromatic carbocycles. The highest BCUT2D eigenvalue weighted by atomic mass is 19.2. The van der Waals surface area contributed by atoms with E-state index in [0.717, 1.165) is 18.1 Å². The van der Waals surface area contributed by atoms with Gasteiger partial charge in [0.1, 0.15) is 0 Å². The molecular formula is C10H9F2NO. The third-order valence-corrected chi connectivity index (χ3v) is 2.44. The van der Waals surface area contributed by atoms with Crippen LogP contribution in [0.15, 0.2) is 18.2 Å². The maximum absolute atomic E-state index is 12.8. The number of nitrogens with one attached hydrogen (secondary N) is 1. The first-order chi connectivity index (χ1) is 6.72. The van der Waals surface area contributed by atoms with Crippen molar-refractivity contribution in [3.05, 3.63) is 35.4 Å². The number of hydrogen-bond donors (Lipinski definition) is 1. The SMILES string of the molecule is O=CN[C@@H]1C[C@@H]1c1ccc(F)c(F)c1. The van der Waals surface area contributed by atoms with Gasteiger partial charge in [-0.3, -0.25) is 4.79 Å². The van der Waals surface area contributed by atoms with Crippen molar-refractivity contribution in [3.8, 4) is 0 Å². The second-order valence-corrected chi connectivity index (χ2v) is 3.41. The van der Waals surface area contributed by atoms with E-state index in [4.69, 9.17) is 0 Å². The van der Waals surface area contributed by atoms with Gasteiger partial charge in [-0.05, 0) is 24.1 Å². The largest absolute Gasteiger partial charge is 0.355 e. The molecule has 0 heterocycles. The Morgan fingerprint density at radius 3 is 2.79 bits per heavy atom. The topological polar surface area (TPSA) is 29.1 Å². The molecule has 0 radical (unpaired) electrons. The molecule has 2 atom stereocenters. The summed E-state index contributed by atoms with van der Waals surface area (Å²) in [6.45, 7) is 0. The van der Waals surface area contributed by atoms with Crippen molar-refractivity contribution in [1.82, 2.24) is 5.32 Å². The molecule has 1 aliphatic rings. The second kappa shape index (κ2) is 3.36. The third kappa shape index (κ3) is 1.60. The Balaban J connectivity index is 2.12. The maximum atomic E-state index is 12.8. The molecule has 1 aromatic rings. The Kier molecular flexibility index (Phi) is 2.19. The Labute approximate surface area is 79.9 Å². The monoisotopic (exact) mass is 197 g/mol. The first kappa shape index (κ1) is 9.12. The van der Waals surface area contributed by atoms with Crippen molar-refractivity contribution in [2.45, 2.75) is 18.4 Å². The van der Waals surface area contributed by atoms with Crippen LogP contribution in [0.4, 0.5) is 8.78 Å². The minimum atomic E-state index is -0.839. The van der Waals surface area contributed by atoms with E-state index >= 15 is 0 Å². The molecule has 0 aromatic heterocycles. The molecule has 74 valence electrons. The molecule has 0 saturated heterocycles. The van der Waals surface area contributed by atoms with Crippen LogP contribution in [0, 0.1) is 11.6 Å². The first-order valence-electron chi connectivity index (χ1n) is 4.37. The molecule has 2 nitrogen and oxygen atoms in total. The summed E-state index contributed by atoms with van der Waals surface area (Å²) in [6, 6.07) is 3.93. The Hall–Kier alpha value is -1.45. The van der Waals surface area contributed by atoms with Crippen LogP contribution in [-0.4, -0.2) is 12.5 Å². The van der Waals surface area contributed by atoms with Gasteiger partial charge >= 0.3 is 0 Å². The van der Waals surface area contributed by atoms with E-state index in [1.807, 2.05) is 0 Å². The van der Waals surface area contributed by atoms with Crippen LogP contribution >= 0.6 is 0 Å². The summed E-state index contributed by atoms with van der Waals surface area (Å²) < 4.78 is 25.4. The molecule has 2 rings (SSSR count). The minimum absolute atomic E-state index is 0.0809. The van der Waals surface area contributed by atoms with E-state index in [1.165, 1.54) is 6.07 Å². The van der Waals surface area contributed by atoms with Gasteiger partial charge in [0, 0.05) is 12.0 Å². The van der Waals surface area contributed by atoms with Gasteiger partial charge in [-0.2, -0.15) is 0 Å². The fourth-order valence-corrected chi connectivity index (χ4v) is 1.58. The number of carbonyl (C=O) groups excluding carboxylic acids is 1. The summed E-state index contributed by atoms with van der Waals surface area (Å²) >= 11 is 0. The second-order valence-electron chi connectivity index (χ2n) is 3.41. The Morgan fingerprint density at radius 1 is 1.36 bits per heavy atom. The van der Waals surface area contributed by atoms with E-state index in [2.05, 4.69) is 5.32 Å². The number of halogens is 2. The lowest BCUT2D eigenvalue weighted by molar-refractivity contribution is -0.109. The van der Waals surface area contributed by atoms with Gasteiger partial charge in [0.05, 0.1) is 0 Å². The summed E-state index contributed by atoms with van der Waals surface area (Å²) in [4.78, 5) is 10.1. The van der Waals surface area contributed by atoms with Gasteiger partial charge in [0.15, 0.2) is 11.6 Å². The van der Waals surface area contributed by atoms with E-state index in [1.54, 1.807) is 6.07 Å². The van der Waals surface area contributed by atoms with Gasteiger partial charge in [0.25, 0.3) is 0 Å². The lowest BCUT2D eigenvalue weighted by Gasteiger charge is -2.00. The normalized spacial score (nSPS) is 24.4. The quantitative estimate of drug-likeness (QED) is 0.732. The van der Waals surface area contributed by atoms with Gasteiger partial charge < -0.3 is 5.32 Å². The van der Waals surface area contributed by atoms with Crippen LogP contribution in [0.2, 0.25) is 0 Å². The zero-order valence-electron chi connectivity index (χ0n) is 7.34. The predicted octanol–water partition coefficient (Wildman–Crippen LogP) is 1.57. The summed E-state index contributed by atoms with van der Waals surface area (Å²) in [7, 11) is 0. The molecule has 1 aliphatic carbocycles. The Bertz CT molecular complexity index is 367. The molecule has 14 heavy (non-hydrogen) atoms. The summed E-state index contributed by atoms with van der Waals surface area (Å²) in [5, 5.41) is 2.61. The van der Waals surface area contributed by atoms with Gasteiger partial charge in [-0.1, -0.05) is 6.07 Å². The van der Waals surface area contributed by atoms with Crippen LogP contribution in [0.25, 0.3) is 0 Å². The summed E-state index contributed by atoms with van der Waals surface area (Å²) in [5.74, 6) is -1.54. The molecule has 1 amide bonds. The first-order valence-corrected chi connectivity index (χ1v) is 4.37. The van der Waals surface area contributed by atoms with Crippen molar-refractivity contribution in [3.63, 3.8) is 0 Å². The fraction of sp³-hybridized carbons (Fsp3) is 0.300. The molecule has 0 spiro atoms. The molecule has 1 N–H and O–H groups in total. The predicted molar refractivity (Wildman–Crippen MR) is 46.7 cm³/mol. The van der Waals surface area contributed by atoms with E-state index in [0.29, 0.717) is 6.41 Å². The highest BCUT2D eigenvalue weighted by molar-refractivity contribution is 5.49. The standard InChI is InChI=1S/C10H9F2NO/c11-8-2-1-6(3-9(8)12)7-4-10(7)13-5-14/h1-3,5,7,10H,4H2,(H,13,14)/t7-,10-/m1/s1. The number of carbonyl (C=O) groups is 1. The number of amides is 1. The molecule has 1 fully saturated rings. The summed E-state index contributed by atoms with van der Waals surface area (Å²) in [6.07, 6.45) is 1.42. The molecule has 0 bridgehead atoms. The highest BCUT2D eigenvalue weighted by Crippen LogP contribution is 2.40. The van der Waals surface area contributed by atoms with Gasteiger partial charge in [-0.25, -0.2) is 8.78 Å². The lowest BCUT2D eigenvalue weighted by atomic mass is 10.1. The number of hydrogen-bond acceptors (Lipinski definition) is 1. The number of rotatable bonds is 3. The smallest absolute Gasteiger partial charge is 0.207 e. The van der Waals surface area contributed by atoms with Gasteiger partial charge in [0.2, 0.25) is 6.41 Å². The van der Waals surface area contributed by atoms with Crippen LogP contribution in [0.1, 0.15) is 17.9 Å². The minimum Gasteiger partial charge on any atom is -0.355 e. The van der Waals surface area contributed by atoms with Crippen molar-refractivity contribution in [2.75, 3.05) is 0 Å². The maximum Gasteiger partial charge on any atom is 0.207 e. The third-order valence-electron chi connectivity index (χ3n) is 2.44. The number of benzene rings is 1. The summed E-state index contributed by atoms with van der Waals surface area (Å²) in [5.41, 5.74) is 0.739. The molecule has 0 unspecified atom stereocenters. The average Bonchev–Trinajstić information content (AvgIpc) is 2.90. The zero-order chi connectivity index (χ0) is 10.1. The van der Waals surface area contributed by atoms with Gasteiger partial charge in [-0.15, -0.1) is 0 Å². The fourth-order valence-electron chi connectivity index (χ4n) is 1.58. The average molecular weight is 197 g/mol. The van der Waals surface area contributed by atoms with Crippen molar-refractivity contribution < 1.29 is 13.6 Å². The molecule has 1 saturated carbocycles. The van der Waals surface area contributed by atoms with Crippen molar-refractivity contribution in [2.24, 2.45) is 0 Å². The van der Waals surface area contributed by atoms with Crippen molar-refractivity contribution >= 4 is 6.41 Å². The zero-order valence-corrected chi connectivity index (χ0v) is 7.34. The van der Waals surface area contributed by atoms with Crippen LogP contribution in [-0.2, 0) is 4.79 Å². The van der Waals surface area contributed by atoms with E-state index in [-0.39, 0.29) is 12.0 Å². The molecule has 0 aliphatic heterocycles. The molecule has 4 heteroatoms. The highest BCUT2D eigenvalue weighted by Gasteiger charge is 2.38. The lowest BCUT2D eigenvalue weighted by Crippen LogP contribution is -2.14. The Morgan fingerprint density at radius 2 is 2.14 bits per heavy atom. The van der Waals surface area contributed by atoms with E-state index in [9.17, 15) is 13.6 Å². The van der Waals surface area contributed by atoms with Crippen LogP contribution in [0.3, 0.4) is 0 Å². The van der Waals surface area contributed by atoms with Crippen LogP contribution in [0.5, 0.6) is 0 Å².